The molecule has 0 aliphatic heterocycles. The minimum Gasteiger partial charge on any atom is -0.358 e. The number of fused-ring (bicyclic) bond motifs is 1. The van der Waals surface area contributed by atoms with Gasteiger partial charge in [0.25, 0.3) is 10.0 Å². The molecule has 146 valence electrons. The number of hydrogen-bond acceptors (Lipinski definition) is 4. The Morgan fingerprint density at radius 3 is 2.64 bits per heavy atom. The third-order valence-corrected chi connectivity index (χ3v) is 6.02. The number of nitrogens with zero attached hydrogens (tertiary/aromatic N) is 4. The van der Waals surface area contributed by atoms with Crippen LogP contribution in [0.25, 0.3) is 16.6 Å². The lowest BCUT2D eigenvalue weighted by molar-refractivity contribution is 0.0570. The van der Waals surface area contributed by atoms with E-state index in [0.717, 1.165) is 6.20 Å². The second-order valence-corrected chi connectivity index (χ2v) is 8.01. The summed E-state index contributed by atoms with van der Waals surface area (Å²) in [4.78, 5) is 2.76. The number of alkyl halides is 2. The summed E-state index contributed by atoms with van der Waals surface area (Å²) >= 11 is 12.0. The number of rotatable bonds is 5. The van der Waals surface area contributed by atoms with Gasteiger partial charge in [0.1, 0.15) is 16.3 Å². The molecule has 0 atom stereocenters. The van der Waals surface area contributed by atoms with Crippen molar-refractivity contribution in [3.05, 3.63) is 53.2 Å². The van der Waals surface area contributed by atoms with Gasteiger partial charge in [0.2, 0.25) is 0 Å². The lowest BCUT2D eigenvalue weighted by atomic mass is 10.2. The van der Waals surface area contributed by atoms with E-state index in [2.05, 4.69) is 19.9 Å². The number of halogens is 4. The number of aromatic nitrogens is 5. The van der Waals surface area contributed by atoms with Crippen LogP contribution < -0.4 is 4.72 Å². The standard InChI is InChI=1S/C15H10Cl2F2N6O2S/c16-9-3-2-8-11(7-20-12(8)13(9)24-5-1-4-21-24)28(26,27)23-10-6-22-25(14(10)17)15(18)19/h1-7,15,20,23H. The third-order valence-electron chi connectivity index (χ3n) is 3.93. The number of nitrogens with one attached hydrogen (secondary N) is 2. The first-order valence-corrected chi connectivity index (χ1v) is 9.87. The highest BCUT2D eigenvalue weighted by Crippen LogP contribution is 2.34. The van der Waals surface area contributed by atoms with E-state index in [1.165, 1.54) is 23.0 Å². The molecule has 0 unspecified atom stereocenters. The molecule has 0 radical (unpaired) electrons. The molecule has 3 heterocycles. The molecule has 0 saturated heterocycles. The summed E-state index contributed by atoms with van der Waals surface area (Å²) in [5.74, 6) is 0. The van der Waals surface area contributed by atoms with Gasteiger partial charge in [0.05, 0.1) is 16.7 Å². The van der Waals surface area contributed by atoms with E-state index in [1.54, 1.807) is 18.5 Å². The Balaban J connectivity index is 1.80. The van der Waals surface area contributed by atoms with Crippen LogP contribution >= 0.6 is 23.2 Å². The van der Waals surface area contributed by atoms with Crippen molar-refractivity contribution in [1.29, 1.82) is 0 Å². The molecule has 0 fully saturated rings. The van der Waals surface area contributed by atoms with E-state index < -0.39 is 21.7 Å². The Morgan fingerprint density at radius 2 is 2.00 bits per heavy atom. The molecule has 4 aromatic rings. The SMILES string of the molecule is O=S(=O)(Nc1cnn(C(F)F)c1Cl)c1c[nH]c2c(-n3cccn3)c(Cl)ccc12. The molecule has 2 N–H and O–H groups in total. The van der Waals surface area contributed by atoms with E-state index in [4.69, 9.17) is 23.2 Å². The Hall–Kier alpha value is -2.63. The Kier molecular flexibility index (Phi) is 4.52. The van der Waals surface area contributed by atoms with E-state index in [0.29, 0.717) is 21.6 Å². The van der Waals surface area contributed by atoms with Gasteiger partial charge in [-0.2, -0.15) is 23.7 Å². The van der Waals surface area contributed by atoms with Crippen LogP contribution in [0.4, 0.5) is 14.5 Å². The monoisotopic (exact) mass is 446 g/mol. The van der Waals surface area contributed by atoms with Crippen LogP contribution in [-0.4, -0.2) is 33.0 Å². The number of aromatic amines is 1. The zero-order valence-electron chi connectivity index (χ0n) is 13.6. The molecule has 8 nitrogen and oxygen atoms in total. The van der Waals surface area contributed by atoms with Gasteiger partial charge in [0.15, 0.2) is 5.15 Å². The Labute approximate surface area is 166 Å². The van der Waals surface area contributed by atoms with Crippen LogP contribution in [0.3, 0.4) is 0 Å². The maximum absolute atomic E-state index is 12.8. The second kappa shape index (κ2) is 6.76. The maximum Gasteiger partial charge on any atom is 0.334 e. The third kappa shape index (κ3) is 3.01. The summed E-state index contributed by atoms with van der Waals surface area (Å²) in [6.45, 7) is -3.00. The molecule has 0 bridgehead atoms. The average molecular weight is 447 g/mol. The van der Waals surface area contributed by atoms with Gasteiger partial charge in [-0.15, -0.1) is 0 Å². The highest BCUT2D eigenvalue weighted by atomic mass is 35.5. The molecule has 28 heavy (non-hydrogen) atoms. The first-order valence-electron chi connectivity index (χ1n) is 7.63. The molecule has 3 aromatic heterocycles. The predicted molar refractivity (Wildman–Crippen MR) is 99.7 cm³/mol. The quantitative estimate of drug-likeness (QED) is 0.482. The van der Waals surface area contributed by atoms with Crippen molar-refractivity contribution in [2.45, 2.75) is 11.4 Å². The van der Waals surface area contributed by atoms with Gasteiger partial charge in [-0.1, -0.05) is 23.2 Å². The van der Waals surface area contributed by atoms with Gasteiger partial charge in [-0.3, -0.25) is 4.72 Å². The minimum atomic E-state index is -4.17. The summed E-state index contributed by atoms with van der Waals surface area (Å²) in [5, 5.41) is 7.65. The van der Waals surface area contributed by atoms with Crippen molar-refractivity contribution in [3.63, 3.8) is 0 Å². The molecular weight excluding hydrogens is 437 g/mol. The second-order valence-electron chi connectivity index (χ2n) is 5.60. The van der Waals surface area contributed by atoms with E-state index in [9.17, 15) is 17.2 Å². The maximum atomic E-state index is 12.8. The van der Waals surface area contributed by atoms with Gasteiger partial charge in [-0.25, -0.2) is 13.1 Å². The van der Waals surface area contributed by atoms with Gasteiger partial charge >= 0.3 is 6.55 Å². The highest BCUT2D eigenvalue weighted by Gasteiger charge is 2.25. The number of H-pyrrole nitrogens is 1. The van der Waals surface area contributed by atoms with Gasteiger partial charge in [0, 0.05) is 24.0 Å². The van der Waals surface area contributed by atoms with Crippen molar-refractivity contribution in [1.82, 2.24) is 24.5 Å². The van der Waals surface area contributed by atoms with Crippen LogP contribution in [0.1, 0.15) is 6.55 Å². The van der Waals surface area contributed by atoms with Crippen molar-refractivity contribution in [2.24, 2.45) is 0 Å². The van der Waals surface area contributed by atoms with Crippen LogP contribution in [0.2, 0.25) is 10.2 Å². The molecule has 0 amide bonds. The van der Waals surface area contributed by atoms with Gasteiger partial charge in [-0.05, 0) is 18.2 Å². The van der Waals surface area contributed by atoms with Crippen molar-refractivity contribution < 1.29 is 17.2 Å². The topological polar surface area (TPSA) is 97.6 Å². The largest absolute Gasteiger partial charge is 0.358 e. The molecule has 13 heteroatoms. The van der Waals surface area contributed by atoms with Gasteiger partial charge < -0.3 is 4.98 Å². The van der Waals surface area contributed by atoms with Crippen LogP contribution in [0.5, 0.6) is 0 Å². The van der Waals surface area contributed by atoms with E-state index >= 15 is 0 Å². The predicted octanol–water partition coefficient (Wildman–Crippen LogP) is 4.05. The smallest absolute Gasteiger partial charge is 0.334 e. The fraction of sp³-hybridized carbons (Fsp3) is 0.0667. The summed E-state index contributed by atoms with van der Waals surface area (Å²) in [5.41, 5.74) is 0.637. The summed E-state index contributed by atoms with van der Waals surface area (Å²) < 4.78 is 55.1. The first kappa shape index (κ1) is 18.7. The Morgan fingerprint density at radius 1 is 1.21 bits per heavy atom. The zero-order valence-corrected chi connectivity index (χ0v) is 16.0. The molecule has 0 aliphatic rings. The fourth-order valence-corrected chi connectivity index (χ4v) is 4.47. The normalized spacial score (nSPS) is 12.2. The fourth-order valence-electron chi connectivity index (χ4n) is 2.73. The van der Waals surface area contributed by atoms with E-state index in [-0.39, 0.29) is 15.3 Å². The first-order chi connectivity index (χ1) is 13.3. The zero-order chi connectivity index (χ0) is 20.1. The molecular formula is C15H10Cl2F2N6O2S. The molecule has 0 aliphatic carbocycles. The van der Waals surface area contributed by atoms with Crippen LogP contribution in [-0.2, 0) is 10.0 Å². The van der Waals surface area contributed by atoms with Crippen LogP contribution in [0, 0.1) is 0 Å². The lowest BCUT2D eigenvalue weighted by Gasteiger charge is -2.08. The minimum absolute atomic E-state index is 0.117. The van der Waals surface area contributed by atoms with Crippen molar-refractivity contribution in [2.75, 3.05) is 4.72 Å². The van der Waals surface area contributed by atoms with Crippen LogP contribution in [0.15, 0.2) is 47.9 Å². The lowest BCUT2D eigenvalue weighted by Crippen LogP contribution is -2.12. The van der Waals surface area contributed by atoms with Crippen molar-refractivity contribution >= 4 is 49.8 Å². The highest BCUT2D eigenvalue weighted by molar-refractivity contribution is 7.93. The average Bonchev–Trinajstić information content (AvgIpc) is 3.35. The molecule has 4 rings (SSSR count). The summed E-state index contributed by atoms with van der Waals surface area (Å²) in [6, 6.07) is 4.76. The Bertz CT molecular complexity index is 1270. The summed E-state index contributed by atoms with van der Waals surface area (Å²) in [6.07, 6.45) is 5.39. The molecule has 0 spiro atoms. The number of anilines is 1. The van der Waals surface area contributed by atoms with Crippen molar-refractivity contribution in [3.8, 4) is 5.69 Å². The number of benzene rings is 1. The number of sulfonamides is 1. The van der Waals surface area contributed by atoms with E-state index in [1.807, 2.05) is 0 Å². The molecule has 1 aromatic carbocycles. The molecule has 0 saturated carbocycles. The summed E-state index contributed by atoms with van der Waals surface area (Å²) in [7, 11) is -4.17. The number of hydrogen-bond donors (Lipinski definition) is 2.